The SMILES string of the molecule is COc1ccccc1C1(C#N)CCC(NCC2CN(C(c3ccccc3)c3ccccc3)C2)CC1. The number of nitriles is 1. The maximum absolute atomic E-state index is 10.1. The molecule has 3 aromatic rings. The van der Waals surface area contributed by atoms with Crippen LogP contribution in [0.3, 0.4) is 0 Å². The van der Waals surface area contributed by atoms with Gasteiger partial charge in [0.2, 0.25) is 0 Å². The summed E-state index contributed by atoms with van der Waals surface area (Å²) in [5.41, 5.74) is 3.34. The topological polar surface area (TPSA) is 48.3 Å². The van der Waals surface area contributed by atoms with Gasteiger partial charge >= 0.3 is 0 Å². The molecule has 1 saturated carbocycles. The zero-order valence-electron chi connectivity index (χ0n) is 20.6. The van der Waals surface area contributed by atoms with Gasteiger partial charge in [0.05, 0.1) is 24.6 Å². The molecule has 0 radical (unpaired) electrons. The molecule has 0 amide bonds. The smallest absolute Gasteiger partial charge is 0.123 e. The summed E-state index contributed by atoms with van der Waals surface area (Å²) in [6.07, 6.45) is 3.81. The van der Waals surface area contributed by atoms with Gasteiger partial charge in [0.1, 0.15) is 5.75 Å². The van der Waals surface area contributed by atoms with E-state index in [1.165, 1.54) is 11.1 Å². The molecule has 1 aliphatic carbocycles. The fraction of sp³-hybridized carbons (Fsp3) is 0.387. The Balaban J connectivity index is 1.15. The van der Waals surface area contributed by atoms with E-state index in [4.69, 9.17) is 4.74 Å². The standard InChI is InChI=1S/C31H35N3O/c1-35-29-15-9-8-14-28(29)31(23-32)18-16-27(17-19-31)33-20-24-21-34(22-24)30(25-10-4-2-5-11-25)26-12-6-3-7-13-26/h2-15,24,27,30,33H,16-22H2,1H3. The first-order valence-corrected chi connectivity index (χ1v) is 12.8. The maximum atomic E-state index is 10.1. The predicted molar refractivity (Wildman–Crippen MR) is 140 cm³/mol. The largest absolute Gasteiger partial charge is 0.496 e. The van der Waals surface area contributed by atoms with E-state index < -0.39 is 5.41 Å². The molecule has 0 bridgehead atoms. The van der Waals surface area contributed by atoms with Crippen LogP contribution in [0.4, 0.5) is 0 Å². The van der Waals surface area contributed by atoms with Crippen molar-refractivity contribution in [1.82, 2.24) is 10.2 Å². The number of benzene rings is 3. The average Bonchev–Trinajstić information content (AvgIpc) is 2.91. The van der Waals surface area contributed by atoms with E-state index in [1.54, 1.807) is 7.11 Å². The normalized spacial score (nSPS) is 22.9. The highest BCUT2D eigenvalue weighted by Crippen LogP contribution is 2.43. The molecule has 2 fully saturated rings. The summed E-state index contributed by atoms with van der Waals surface area (Å²) in [6.45, 7) is 3.26. The highest BCUT2D eigenvalue weighted by Gasteiger charge is 2.40. The fourth-order valence-electron chi connectivity index (χ4n) is 5.96. The number of para-hydroxylation sites is 1. The molecule has 4 heteroatoms. The Labute approximate surface area is 209 Å². The third-order valence-corrected chi connectivity index (χ3v) is 7.95. The highest BCUT2D eigenvalue weighted by atomic mass is 16.5. The first kappa shape index (κ1) is 23.6. The van der Waals surface area contributed by atoms with E-state index in [1.807, 2.05) is 18.2 Å². The second kappa shape index (κ2) is 10.6. The van der Waals surface area contributed by atoms with E-state index >= 15 is 0 Å². The molecular weight excluding hydrogens is 430 g/mol. The van der Waals surface area contributed by atoms with E-state index in [-0.39, 0.29) is 0 Å². The van der Waals surface area contributed by atoms with Crippen LogP contribution in [0.5, 0.6) is 5.75 Å². The number of ether oxygens (including phenoxy) is 1. The number of nitrogens with zero attached hydrogens (tertiary/aromatic N) is 2. The lowest BCUT2D eigenvalue weighted by Gasteiger charge is -2.45. The fourth-order valence-corrected chi connectivity index (χ4v) is 5.96. The summed E-state index contributed by atoms with van der Waals surface area (Å²) in [7, 11) is 1.69. The van der Waals surface area contributed by atoms with Crippen LogP contribution in [0.2, 0.25) is 0 Å². The van der Waals surface area contributed by atoms with Crippen LogP contribution in [0.15, 0.2) is 84.9 Å². The van der Waals surface area contributed by atoms with Gasteiger partial charge in [-0.05, 0) is 48.8 Å². The first-order chi connectivity index (χ1) is 17.2. The molecular formula is C31H35N3O. The Hall–Kier alpha value is -3.13. The molecule has 2 aliphatic rings. The van der Waals surface area contributed by atoms with Gasteiger partial charge in [0.15, 0.2) is 0 Å². The van der Waals surface area contributed by atoms with Gasteiger partial charge < -0.3 is 10.1 Å². The molecule has 1 aliphatic heterocycles. The number of hydrogen-bond donors (Lipinski definition) is 1. The molecule has 5 rings (SSSR count). The number of methoxy groups -OCH3 is 1. The summed E-state index contributed by atoms with van der Waals surface area (Å²) >= 11 is 0. The lowest BCUT2D eigenvalue weighted by Crippen LogP contribution is -2.53. The van der Waals surface area contributed by atoms with Gasteiger partial charge in [0.25, 0.3) is 0 Å². The lowest BCUT2D eigenvalue weighted by molar-refractivity contribution is 0.0651. The van der Waals surface area contributed by atoms with Crippen LogP contribution in [-0.2, 0) is 5.41 Å². The number of rotatable bonds is 8. The summed E-state index contributed by atoms with van der Waals surface area (Å²) < 4.78 is 5.58. The zero-order valence-corrected chi connectivity index (χ0v) is 20.6. The number of nitrogens with one attached hydrogen (secondary N) is 1. The summed E-state index contributed by atoms with van der Waals surface area (Å²) in [5.74, 6) is 1.50. The van der Waals surface area contributed by atoms with Crippen LogP contribution >= 0.6 is 0 Å². The third-order valence-electron chi connectivity index (χ3n) is 7.95. The van der Waals surface area contributed by atoms with Crippen LogP contribution in [0.1, 0.15) is 48.4 Å². The van der Waals surface area contributed by atoms with E-state index in [2.05, 4.69) is 83.0 Å². The summed E-state index contributed by atoms with van der Waals surface area (Å²) in [5, 5.41) is 13.9. The second-order valence-electron chi connectivity index (χ2n) is 10.1. The first-order valence-electron chi connectivity index (χ1n) is 12.8. The molecule has 3 aromatic carbocycles. The average molecular weight is 466 g/mol. The predicted octanol–water partition coefficient (Wildman–Crippen LogP) is 5.71. The number of hydrogen-bond acceptors (Lipinski definition) is 4. The molecule has 4 nitrogen and oxygen atoms in total. The van der Waals surface area contributed by atoms with Crippen molar-refractivity contribution >= 4 is 0 Å². The summed E-state index contributed by atoms with van der Waals surface area (Å²) in [4.78, 5) is 2.60. The van der Waals surface area contributed by atoms with Crippen molar-refractivity contribution in [3.8, 4) is 11.8 Å². The van der Waals surface area contributed by atoms with Crippen molar-refractivity contribution in [2.75, 3.05) is 26.7 Å². The van der Waals surface area contributed by atoms with Gasteiger partial charge in [-0.3, -0.25) is 4.90 Å². The van der Waals surface area contributed by atoms with Crippen LogP contribution in [0, 0.1) is 17.2 Å². The second-order valence-corrected chi connectivity index (χ2v) is 10.1. The van der Waals surface area contributed by atoms with Gasteiger partial charge in [-0.2, -0.15) is 5.26 Å². The van der Waals surface area contributed by atoms with Crippen molar-refractivity contribution in [1.29, 1.82) is 5.26 Å². The molecule has 35 heavy (non-hydrogen) atoms. The minimum Gasteiger partial charge on any atom is -0.496 e. The van der Waals surface area contributed by atoms with Crippen molar-refractivity contribution < 1.29 is 4.74 Å². The van der Waals surface area contributed by atoms with Gasteiger partial charge in [-0.1, -0.05) is 78.9 Å². The van der Waals surface area contributed by atoms with Gasteiger partial charge in [-0.25, -0.2) is 0 Å². The maximum Gasteiger partial charge on any atom is 0.123 e. The highest BCUT2D eigenvalue weighted by molar-refractivity contribution is 5.44. The molecule has 0 aromatic heterocycles. The zero-order chi connectivity index (χ0) is 24.1. The molecule has 0 spiro atoms. The minimum atomic E-state index is -0.434. The molecule has 0 atom stereocenters. The Bertz CT molecular complexity index is 1090. The molecule has 0 unspecified atom stereocenters. The van der Waals surface area contributed by atoms with E-state index in [0.717, 1.165) is 56.6 Å². The van der Waals surface area contributed by atoms with Gasteiger partial charge in [-0.15, -0.1) is 0 Å². The van der Waals surface area contributed by atoms with E-state index in [9.17, 15) is 5.26 Å². The lowest BCUT2D eigenvalue weighted by atomic mass is 9.69. The van der Waals surface area contributed by atoms with Crippen molar-refractivity contribution in [2.45, 2.75) is 43.2 Å². The molecule has 180 valence electrons. The molecule has 1 N–H and O–H groups in total. The Morgan fingerprint density at radius 1 is 0.914 bits per heavy atom. The van der Waals surface area contributed by atoms with Crippen molar-refractivity contribution in [2.24, 2.45) is 5.92 Å². The Morgan fingerprint density at radius 3 is 2.06 bits per heavy atom. The number of likely N-dealkylation sites (tertiary alicyclic amines) is 1. The van der Waals surface area contributed by atoms with Crippen LogP contribution in [0.25, 0.3) is 0 Å². The third kappa shape index (κ3) is 4.98. The quantitative estimate of drug-likeness (QED) is 0.463. The van der Waals surface area contributed by atoms with Gasteiger partial charge in [0, 0.05) is 31.2 Å². The minimum absolute atomic E-state index is 0.320. The molecule has 1 saturated heterocycles. The monoisotopic (exact) mass is 465 g/mol. The molecule has 1 heterocycles. The Kier molecular flexibility index (Phi) is 7.18. The Morgan fingerprint density at radius 2 is 1.49 bits per heavy atom. The van der Waals surface area contributed by atoms with Crippen LogP contribution in [-0.4, -0.2) is 37.7 Å². The summed E-state index contributed by atoms with van der Waals surface area (Å²) in [6, 6.07) is 33.2. The van der Waals surface area contributed by atoms with Crippen molar-refractivity contribution in [3.63, 3.8) is 0 Å². The van der Waals surface area contributed by atoms with E-state index in [0.29, 0.717) is 18.0 Å². The van der Waals surface area contributed by atoms with Crippen molar-refractivity contribution in [3.05, 3.63) is 102 Å². The van der Waals surface area contributed by atoms with Crippen LogP contribution < -0.4 is 10.1 Å².